The van der Waals surface area contributed by atoms with Gasteiger partial charge in [-0.25, -0.2) is 4.39 Å². The molecule has 0 saturated heterocycles. The number of benzene rings is 1. The maximum Gasteiger partial charge on any atom is 0.123 e. The molecule has 0 amide bonds. The largest absolute Gasteiger partial charge is 0.305 e. The fourth-order valence-corrected chi connectivity index (χ4v) is 1.92. The van der Waals surface area contributed by atoms with Crippen LogP contribution in [0.1, 0.15) is 36.3 Å². The van der Waals surface area contributed by atoms with Crippen molar-refractivity contribution in [2.24, 2.45) is 0 Å². The van der Waals surface area contributed by atoms with Crippen molar-refractivity contribution in [3.05, 3.63) is 59.4 Å². The van der Waals surface area contributed by atoms with Crippen LogP contribution >= 0.6 is 0 Å². The monoisotopic (exact) mass is 259 g/mol. The molecule has 0 saturated carbocycles. The normalized spacial score (nSPS) is 12.4. The lowest BCUT2D eigenvalue weighted by molar-refractivity contribution is 0.574. The fourth-order valence-electron chi connectivity index (χ4n) is 1.92. The van der Waals surface area contributed by atoms with Crippen LogP contribution in [0.5, 0.6) is 0 Å². The third kappa shape index (κ3) is 3.58. The molecule has 0 radical (unpaired) electrons. The Morgan fingerprint density at radius 2 is 2.11 bits per heavy atom. The van der Waals surface area contributed by atoms with Crippen LogP contribution in [0, 0.1) is 12.7 Å². The summed E-state index contributed by atoms with van der Waals surface area (Å²) in [4.78, 5) is 8.65. The standard InChI is InChI=1S/C15H18FN3/c1-3-7-17-15(12-5-4-6-13(16)8-12)14-10-18-11(2)9-19-14/h4-6,8-10,15,17H,3,7H2,1-2H3. The van der Waals surface area contributed by atoms with E-state index >= 15 is 0 Å². The van der Waals surface area contributed by atoms with Crippen LogP contribution in [0.4, 0.5) is 4.39 Å². The van der Waals surface area contributed by atoms with Crippen LogP contribution in [0.3, 0.4) is 0 Å². The average molecular weight is 259 g/mol. The summed E-state index contributed by atoms with van der Waals surface area (Å²) in [6, 6.07) is 6.48. The van der Waals surface area contributed by atoms with E-state index in [1.54, 1.807) is 18.5 Å². The molecule has 1 atom stereocenters. The number of rotatable bonds is 5. The van der Waals surface area contributed by atoms with E-state index in [1.165, 1.54) is 12.1 Å². The molecule has 0 aliphatic carbocycles. The van der Waals surface area contributed by atoms with Crippen molar-refractivity contribution in [1.82, 2.24) is 15.3 Å². The second kappa shape index (κ2) is 6.38. The van der Waals surface area contributed by atoms with E-state index in [2.05, 4.69) is 22.2 Å². The van der Waals surface area contributed by atoms with Gasteiger partial charge in [0.2, 0.25) is 0 Å². The molecular formula is C15H18FN3. The minimum Gasteiger partial charge on any atom is -0.305 e. The number of aryl methyl sites for hydroxylation is 1. The first-order valence-corrected chi connectivity index (χ1v) is 6.48. The summed E-state index contributed by atoms with van der Waals surface area (Å²) in [7, 11) is 0. The van der Waals surface area contributed by atoms with Gasteiger partial charge >= 0.3 is 0 Å². The Balaban J connectivity index is 2.32. The van der Waals surface area contributed by atoms with Crippen LogP contribution in [-0.2, 0) is 0 Å². The van der Waals surface area contributed by atoms with Crippen LogP contribution in [0.25, 0.3) is 0 Å². The first-order chi connectivity index (χ1) is 9.20. The summed E-state index contributed by atoms with van der Waals surface area (Å²) >= 11 is 0. The zero-order chi connectivity index (χ0) is 13.7. The number of nitrogens with one attached hydrogen (secondary N) is 1. The summed E-state index contributed by atoms with van der Waals surface area (Å²) in [6.45, 7) is 4.83. The maximum absolute atomic E-state index is 13.4. The molecule has 4 heteroatoms. The molecule has 0 fully saturated rings. The average Bonchev–Trinajstić information content (AvgIpc) is 2.41. The van der Waals surface area contributed by atoms with Gasteiger partial charge in [0, 0.05) is 6.20 Å². The van der Waals surface area contributed by atoms with Gasteiger partial charge in [-0.15, -0.1) is 0 Å². The van der Waals surface area contributed by atoms with Crippen molar-refractivity contribution >= 4 is 0 Å². The number of hydrogen-bond donors (Lipinski definition) is 1. The molecule has 2 aromatic rings. The topological polar surface area (TPSA) is 37.8 Å². The Labute approximate surface area is 112 Å². The van der Waals surface area contributed by atoms with E-state index in [0.29, 0.717) is 0 Å². The van der Waals surface area contributed by atoms with Crippen LogP contribution in [0.2, 0.25) is 0 Å². The van der Waals surface area contributed by atoms with E-state index in [1.807, 2.05) is 13.0 Å². The zero-order valence-electron chi connectivity index (χ0n) is 11.2. The predicted octanol–water partition coefficient (Wildman–Crippen LogP) is 3.01. The van der Waals surface area contributed by atoms with Crippen LogP contribution < -0.4 is 5.32 Å². The predicted molar refractivity (Wildman–Crippen MR) is 73.3 cm³/mol. The molecule has 19 heavy (non-hydrogen) atoms. The van der Waals surface area contributed by atoms with E-state index < -0.39 is 0 Å². The quantitative estimate of drug-likeness (QED) is 0.897. The second-order valence-electron chi connectivity index (χ2n) is 4.52. The fraction of sp³-hybridized carbons (Fsp3) is 0.333. The molecule has 1 aromatic carbocycles. The van der Waals surface area contributed by atoms with Gasteiger partial charge < -0.3 is 5.32 Å². The third-order valence-corrected chi connectivity index (χ3v) is 2.88. The molecule has 2 rings (SSSR count). The van der Waals surface area contributed by atoms with E-state index in [-0.39, 0.29) is 11.9 Å². The molecule has 1 N–H and O–H groups in total. The summed E-state index contributed by atoms with van der Waals surface area (Å²) < 4.78 is 13.4. The summed E-state index contributed by atoms with van der Waals surface area (Å²) in [6.07, 6.45) is 4.48. The van der Waals surface area contributed by atoms with E-state index in [4.69, 9.17) is 0 Å². The molecular weight excluding hydrogens is 241 g/mol. The van der Waals surface area contributed by atoms with Crippen molar-refractivity contribution < 1.29 is 4.39 Å². The van der Waals surface area contributed by atoms with Crippen molar-refractivity contribution in [2.75, 3.05) is 6.54 Å². The minimum absolute atomic E-state index is 0.122. The number of hydrogen-bond acceptors (Lipinski definition) is 3. The lowest BCUT2D eigenvalue weighted by Gasteiger charge is -2.18. The Morgan fingerprint density at radius 3 is 2.74 bits per heavy atom. The Bertz CT molecular complexity index is 525. The summed E-state index contributed by atoms with van der Waals surface area (Å²) in [5.74, 6) is -0.235. The Morgan fingerprint density at radius 1 is 1.26 bits per heavy atom. The van der Waals surface area contributed by atoms with Crippen molar-refractivity contribution in [3.63, 3.8) is 0 Å². The number of halogens is 1. The Hall–Kier alpha value is -1.81. The minimum atomic E-state index is -0.235. The van der Waals surface area contributed by atoms with Crippen molar-refractivity contribution in [2.45, 2.75) is 26.3 Å². The Kier molecular flexibility index (Phi) is 4.58. The lowest BCUT2D eigenvalue weighted by atomic mass is 10.0. The van der Waals surface area contributed by atoms with Gasteiger partial charge in [-0.1, -0.05) is 19.1 Å². The van der Waals surface area contributed by atoms with Gasteiger partial charge in [0.1, 0.15) is 5.82 Å². The molecule has 100 valence electrons. The van der Waals surface area contributed by atoms with Crippen LogP contribution in [0.15, 0.2) is 36.7 Å². The van der Waals surface area contributed by atoms with Crippen molar-refractivity contribution in [3.8, 4) is 0 Å². The summed E-state index contributed by atoms with van der Waals surface area (Å²) in [5.41, 5.74) is 2.55. The highest BCUT2D eigenvalue weighted by Gasteiger charge is 2.15. The first kappa shape index (κ1) is 13.6. The van der Waals surface area contributed by atoms with Crippen LogP contribution in [-0.4, -0.2) is 16.5 Å². The zero-order valence-corrected chi connectivity index (χ0v) is 11.2. The molecule has 3 nitrogen and oxygen atoms in total. The maximum atomic E-state index is 13.4. The van der Waals surface area contributed by atoms with Gasteiger partial charge in [0.25, 0.3) is 0 Å². The van der Waals surface area contributed by atoms with Gasteiger partial charge in [0.05, 0.1) is 23.6 Å². The molecule has 1 aromatic heterocycles. The SMILES string of the molecule is CCCNC(c1cccc(F)c1)c1cnc(C)cn1. The van der Waals surface area contributed by atoms with Crippen molar-refractivity contribution in [1.29, 1.82) is 0 Å². The highest BCUT2D eigenvalue weighted by molar-refractivity contribution is 5.27. The second-order valence-corrected chi connectivity index (χ2v) is 4.52. The van der Waals surface area contributed by atoms with E-state index in [9.17, 15) is 4.39 Å². The number of nitrogens with zero attached hydrogens (tertiary/aromatic N) is 2. The molecule has 0 aliphatic rings. The number of aromatic nitrogens is 2. The van der Waals surface area contributed by atoms with Gasteiger partial charge in [-0.05, 0) is 37.6 Å². The van der Waals surface area contributed by atoms with Gasteiger partial charge in [0.15, 0.2) is 0 Å². The van der Waals surface area contributed by atoms with Gasteiger partial charge in [-0.2, -0.15) is 0 Å². The highest BCUT2D eigenvalue weighted by atomic mass is 19.1. The highest BCUT2D eigenvalue weighted by Crippen LogP contribution is 2.20. The van der Waals surface area contributed by atoms with E-state index in [0.717, 1.165) is 29.9 Å². The first-order valence-electron chi connectivity index (χ1n) is 6.48. The lowest BCUT2D eigenvalue weighted by Crippen LogP contribution is -2.24. The molecule has 0 aliphatic heterocycles. The smallest absolute Gasteiger partial charge is 0.123 e. The summed E-state index contributed by atoms with van der Waals surface area (Å²) in [5, 5.41) is 3.38. The molecule has 0 spiro atoms. The molecule has 0 bridgehead atoms. The molecule has 1 heterocycles. The molecule has 1 unspecified atom stereocenters. The third-order valence-electron chi connectivity index (χ3n) is 2.88. The van der Waals surface area contributed by atoms with Gasteiger partial charge in [-0.3, -0.25) is 9.97 Å².